The van der Waals surface area contributed by atoms with Crippen molar-refractivity contribution in [3.63, 3.8) is 0 Å². The number of hydrogen-bond donors (Lipinski definition) is 1. The third kappa shape index (κ3) is 6.14. The molecule has 1 aromatic rings. The number of rotatable bonds is 4. The molecule has 4 nitrogen and oxygen atoms in total. The lowest BCUT2D eigenvalue weighted by Gasteiger charge is -2.22. The summed E-state index contributed by atoms with van der Waals surface area (Å²) >= 11 is 9.46. The molecule has 21 heavy (non-hydrogen) atoms. The minimum atomic E-state index is -0.511. The van der Waals surface area contributed by atoms with Crippen LogP contribution in [0.4, 0.5) is 4.79 Å². The van der Waals surface area contributed by atoms with Gasteiger partial charge in [0.2, 0.25) is 0 Å². The molecule has 0 aliphatic heterocycles. The van der Waals surface area contributed by atoms with E-state index in [1.807, 2.05) is 39.8 Å². The zero-order chi connectivity index (χ0) is 16.2. The standard InChI is InChI=1S/C15H21BrClNO3/c1-9(18-14(19)21-15(2,3)4)6-10-7-12(17)11(16)8-13(10)20-5/h7-9H,6H2,1-5H3,(H,18,19). The lowest BCUT2D eigenvalue weighted by Crippen LogP contribution is -2.38. The molecular formula is C15H21BrClNO3. The predicted octanol–water partition coefficient (Wildman–Crippen LogP) is 4.57. The Morgan fingerprint density at radius 1 is 1.43 bits per heavy atom. The van der Waals surface area contributed by atoms with Gasteiger partial charge in [-0.1, -0.05) is 11.6 Å². The molecule has 0 aliphatic carbocycles. The summed E-state index contributed by atoms with van der Waals surface area (Å²) in [4.78, 5) is 11.7. The number of halogens is 2. The summed E-state index contributed by atoms with van der Waals surface area (Å²) in [7, 11) is 1.60. The van der Waals surface area contributed by atoms with Crippen LogP contribution in [0.25, 0.3) is 0 Å². The molecule has 0 bridgehead atoms. The van der Waals surface area contributed by atoms with E-state index >= 15 is 0 Å². The molecule has 1 amide bonds. The van der Waals surface area contributed by atoms with E-state index in [0.29, 0.717) is 11.4 Å². The van der Waals surface area contributed by atoms with Crippen LogP contribution < -0.4 is 10.1 Å². The monoisotopic (exact) mass is 377 g/mol. The predicted molar refractivity (Wildman–Crippen MR) is 88.2 cm³/mol. The Bertz CT molecular complexity index is 514. The number of benzene rings is 1. The van der Waals surface area contributed by atoms with E-state index < -0.39 is 11.7 Å². The van der Waals surface area contributed by atoms with Crippen molar-refractivity contribution >= 4 is 33.6 Å². The Balaban J connectivity index is 2.73. The van der Waals surface area contributed by atoms with Gasteiger partial charge in [0.15, 0.2) is 0 Å². The van der Waals surface area contributed by atoms with E-state index in [4.69, 9.17) is 21.1 Å². The molecule has 0 spiro atoms. The Kier molecular flexibility index (Phi) is 6.35. The number of nitrogens with one attached hydrogen (secondary N) is 1. The second kappa shape index (κ2) is 7.36. The van der Waals surface area contributed by atoms with Crippen LogP contribution in [-0.2, 0) is 11.2 Å². The number of alkyl carbamates (subject to hydrolysis) is 1. The summed E-state index contributed by atoms with van der Waals surface area (Å²) in [6.07, 6.45) is 0.160. The van der Waals surface area contributed by atoms with Gasteiger partial charge in [0.05, 0.1) is 12.1 Å². The first-order valence-corrected chi connectivity index (χ1v) is 7.81. The molecule has 1 unspecified atom stereocenters. The van der Waals surface area contributed by atoms with E-state index in [-0.39, 0.29) is 6.04 Å². The lowest BCUT2D eigenvalue weighted by atomic mass is 10.1. The first-order valence-electron chi connectivity index (χ1n) is 6.64. The average Bonchev–Trinajstić information content (AvgIpc) is 2.30. The van der Waals surface area contributed by atoms with Gasteiger partial charge in [0.25, 0.3) is 0 Å². The quantitative estimate of drug-likeness (QED) is 0.835. The van der Waals surface area contributed by atoms with E-state index in [9.17, 15) is 4.79 Å². The zero-order valence-corrected chi connectivity index (χ0v) is 15.3. The summed E-state index contributed by atoms with van der Waals surface area (Å²) in [6.45, 7) is 7.39. The van der Waals surface area contributed by atoms with Gasteiger partial charge in [0, 0.05) is 10.5 Å². The van der Waals surface area contributed by atoms with Crippen LogP contribution in [0.1, 0.15) is 33.3 Å². The highest BCUT2D eigenvalue weighted by molar-refractivity contribution is 9.10. The van der Waals surface area contributed by atoms with Gasteiger partial charge in [-0.05, 0) is 67.7 Å². The van der Waals surface area contributed by atoms with Gasteiger partial charge >= 0.3 is 6.09 Å². The minimum absolute atomic E-state index is 0.106. The summed E-state index contributed by atoms with van der Waals surface area (Å²) < 4.78 is 11.3. The fourth-order valence-corrected chi connectivity index (χ4v) is 2.32. The molecule has 6 heteroatoms. The number of hydrogen-bond acceptors (Lipinski definition) is 3. The zero-order valence-electron chi connectivity index (χ0n) is 12.9. The maximum Gasteiger partial charge on any atom is 0.407 e. The maximum atomic E-state index is 11.7. The van der Waals surface area contributed by atoms with Crippen LogP contribution in [-0.4, -0.2) is 24.8 Å². The van der Waals surface area contributed by atoms with Crippen LogP contribution in [0.2, 0.25) is 5.02 Å². The van der Waals surface area contributed by atoms with E-state index in [1.54, 1.807) is 7.11 Å². The van der Waals surface area contributed by atoms with Crippen LogP contribution >= 0.6 is 27.5 Å². The van der Waals surface area contributed by atoms with Crippen molar-refractivity contribution in [2.24, 2.45) is 0 Å². The molecule has 0 aliphatic rings. The smallest absolute Gasteiger partial charge is 0.407 e. The van der Waals surface area contributed by atoms with Crippen LogP contribution in [0, 0.1) is 0 Å². The SMILES string of the molecule is COc1cc(Br)c(Cl)cc1CC(C)NC(=O)OC(C)(C)C. The fourth-order valence-electron chi connectivity index (χ4n) is 1.81. The number of carbonyl (C=O) groups excluding carboxylic acids is 1. The second-order valence-corrected chi connectivity index (χ2v) is 7.09. The van der Waals surface area contributed by atoms with Gasteiger partial charge in [0.1, 0.15) is 11.4 Å². The molecule has 0 heterocycles. The molecule has 118 valence electrons. The van der Waals surface area contributed by atoms with Crippen molar-refractivity contribution in [2.45, 2.75) is 45.8 Å². The van der Waals surface area contributed by atoms with Crippen molar-refractivity contribution in [2.75, 3.05) is 7.11 Å². The van der Waals surface area contributed by atoms with Crippen LogP contribution in [0.15, 0.2) is 16.6 Å². The molecule has 1 atom stereocenters. The largest absolute Gasteiger partial charge is 0.496 e. The highest BCUT2D eigenvalue weighted by atomic mass is 79.9. The summed E-state index contributed by atoms with van der Waals surface area (Å²) in [5, 5.41) is 3.41. The molecule has 0 saturated carbocycles. The summed E-state index contributed by atoms with van der Waals surface area (Å²) in [5.74, 6) is 0.726. The van der Waals surface area contributed by atoms with E-state index in [2.05, 4.69) is 21.2 Å². The number of ether oxygens (including phenoxy) is 2. The molecule has 0 saturated heterocycles. The molecule has 0 fully saturated rings. The van der Waals surface area contributed by atoms with Crippen molar-refractivity contribution < 1.29 is 14.3 Å². The molecule has 1 rings (SSSR count). The summed E-state index contributed by atoms with van der Waals surface area (Å²) in [5.41, 5.74) is 0.414. The molecule has 1 aromatic carbocycles. The summed E-state index contributed by atoms with van der Waals surface area (Å²) in [6, 6.07) is 3.54. The second-order valence-electron chi connectivity index (χ2n) is 5.83. The van der Waals surface area contributed by atoms with E-state index in [0.717, 1.165) is 15.8 Å². The lowest BCUT2D eigenvalue weighted by molar-refractivity contribution is 0.0508. The first-order chi connectivity index (χ1) is 9.62. The number of carbonyl (C=O) groups is 1. The number of methoxy groups -OCH3 is 1. The molecular weight excluding hydrogens is 358 g/mol. The van der Waals surface area contributed by atoms with E-state index in [1.165, 1.54) is 0 Å². The highest BCUT2D eigenvalue weighted by Gasteiger charge is 2.19. The highest BCUT2D eigenvalue weighted by Crippen LogP contribution is 2.31. The Morgan fingerprint density at radius 3 is 2.57 bits per heavy atom. The van der Waals surface area contributed by atoms with Crippen molar-refractivity contribution in [3.8, 4) is 5.75 Å². The maximum absolute atomic E-state index is 11.7. The third-order valence-electron chi connectivity index (χ3n) is 2.61. The minimum Gasteiger partial charge on any atom is -0.496 e. The third-order valence-corrected chi connectivity index (χ3v) is 3.81. The van der Waals surface area contributed by atoms with Crippen molar-refractivity contribution in [3.05, 3.63) is 27.2 Å². The Morgan fingerprint density at radius 2 is 2.05 bits per heavy atom. The van der Waals surface area contributed by atoms with Gasteiger partial charge < -0.3 is 14.8 Å². The van der Waals surface area contributed by atoms with Crippen LogP contribution in [0.5, 0.6) is 5.75 Å². The van der Waals surface area contributed by atoms with Crippen molar-refractivity contribution in [1.82, 2.24) is 5.32 Å². The van der Waals surface area contributed by atoms with Gasteiger partial charge in [-0.2, -0.15) is 0 Å². The molecule has 0 radical (unpaired) electrons. The van der Waals surface area contributed by atoms with Gasteiger partial charge in [-0.15, -0.1) is 0 Å². The van der Waals surface area contributed by atoms with Gasteiger partial charge in [-0.3, -0.25) is 0 Å². The van der Waals surface area contributed by atoms with Crippen molar-refractivity contribution in [1.29, 1.82) is 0 Å². The fraction of sp³-hybridized carbons (Fsp3) is 0.533. The van der Waals surface area contributed by atoms with Crippen LogP contribution in [0.3, 0.4) is 0 Å². The Hall–Kier alpha value is -0.940. The molecule has 1 N–H and O–H groups in total. The van der Waals surface area contributed by atoms with Gasteiger partial charge in [-0.25, -0.2) is 4.79 Å². The molecule has 0 aromatic heterocycles. The topological polar surface area (TPSA) is 47.6 Å². The first kappa shape index (κ1) is 18.1. The average molecular weight is 379 g/mol. The number of amides is 1. The Labute approximate surface area is 139 Å². The normalized spacial score (nSPS) is 12.7.